The van der Waals surface area contributed by atoms with Crippen molar-refractivity contribution < 1.29 is 18.8 Å². The van der Waals surface area contributed by atoms with Crippen LogP contribution in [-0.2, 0) is 0 Å². The van der Waals surface area contributed by atoms with Crippen LogP contribution in [0.4, 0.5) is 0 Å². The first kappa shape index (κ1) is 17.3. The quantitative estimate of drug-likeness (QED) is 0.865. The number of aromatic nitrogens is 1. The molecular formula is C18H23N3O4. The number of hydrogen-bond donors (Lipinski definition) is 1. The average Bonchev–Trinajstić information content (AvgIpc) is 3.28. The van der Waals surface area contributed by atoms with Crippen LogP contribution in [0.25, 0.3) is 11.3 Å². The SMILES string of the molecule is COc1ccc(OC)c(-c2cc(C(=O)NCC3CCCN3C)no2)c1. The smallest absolute Gasteiger partial charge is 0.273 e. The van der Waals surface area contributed by atoms with Crippen molar-refractivity contribution in [3.8, 4) is 22.8 Å². The van der Waals surface area contributed by atoms with Crippen LogP contribution in [0.15, 0.2) is 28.8 Å². The van der Waals surface area contributed by atoms with Crippen molar-refractivity contribution >= 4 is 5.91 Å². The zero-order chi connectivity index (χ0) is 17.8. The highest BCUT2D eigenvalue weighted by Crippen LogP contribution is 2.33. The van der Waals surface area contributed by atoms with Gasteiger partial charge in [0.1, 0.15) is 11.5 Å². The highest BCUT2D eigenvalue weighted by Gasteiger charge is 2.22. The van der Waals surface area contributed by atoms with Crippen molar-refractivity contribution in [2.75, 3.05) is 34.4 Å². The largest absolute Gasteiger partial charge is 0.497 e. The molecule has 3 rings (SSSR count). The Morgan fingerprint density at radius 3 is 2.88 bits per heavy atom. The van der Waals surface area contributed by atoms with Gasteiger partial charge in [0, 0.05) is 18.7 Å². The van der Waals surface area contributed by atoms with Gasteiger partial charge in [0.25, 0.3) is 5.91 Å². The monoisotopic (exact) mass is 345 g/mol. The van der Waals surface area contributed by atoms with E-state index in [1.165, 1.54) is 6.42 Å². The molecule has 0 spiro atoms. The zero-order valence-electron chi connectivity index (χ0n) is 14.7. The minimum Gasteiger partial charge on any atom is -0.497 e. The van der Waals surface area contributed by atoms with Crippen molar-refractivity contribution in [3.05, 3.63) is 30.0 Å². The summed E-state index contributed by atoms with van der Waals surface area (Å²) in [5.74, 6) is 1.51. The van der Waals surface area contributed by atoms with Crippen molar-refractivity contribution in [3.63, 3.8) is 0 Å². The number of hydrogen-bond acceptors (Lipinski definition) is 6. The second-order valence-electron chi connectivity index (χ2n) is 6.13. The number of rotatable bonds is 6. The number of carbonyl (C=O) groups excluding carboxylic acids is 1. The maximum atomic E-state index is 12.3. The average molecular weight is 345 g/mol. The first-order valence-electron chi connectivity index (χ1n) is 8.30. The Morgan fingerprint density at radius 1 is 1.36 bits per heavy atom. The fraction of sp³-hybridized carbons (Fsp3) is 0.444. The maximum absolute atomic E-state index is 12.3. The molecule has 1 N–H and O–H groups in total. The van der Waals surface area contributed by atoms with Crippen LogP contribution >= 0.6 is 0 Å². The summed E-state index contributed by atoms with van der Waals surface area (Å²) < 4.78 is 15.9. The number of methoxy groups -OCH3 is 2. The van der Waals surface area contributed by atoms with E-state index in [-0.39, 0.29) is 11.6 Å². The summed E-state index contributed by atoms with van der Waals surface area (Å²) in [4.78, 5) is 14.6. The Bertz CT molecular complexity index is 744. The summed E-state index contributed by atoms with van der Waals surface area (Å²) in [6.45, 7) is 1.68. The van der Waals surface area contributed by atoms with Crippen molar-refractivity contribution in [2.24, 2.45) is 0 Å². The lowest BCUT2D eigenvalue weighted by atomic mass is 10.1. The number of nitrogens with zero attached hydrogens (tertiary/aromatic N) is 2. The topological polar surface area (TPSA) is 76.8 Å². The molecule has 1 atom stereocenters. The normalized spacial score (nSPS) is 17.5. The molecule has 0 saturated carbocycles. The molecule has 0 radical (unpaired) electrons. The van der Waals surface area contributed by atoms with Crippen LogP contribution in [0.3, 0.4) is 0 Å². The van der Waals surface area contributed by atoms with Gasteiger partial charge in [-0.25, -0.2) is 0 Å². The molecule has 7 nitrogen and oxygen atoms in total. The molecule has 1 amide bonds. The summed E-state index contributed by atoms with van der Waals surface area (Å²) in [6.07, 6.45) is 2.27. The fourth-order valence-electron chi connectivity index (χ4n) is 3.05. The van der Waals surface area contributed by atoms with Gasteiger partial charge in [-0.15, -0.1) is 0 Å². The van der Waals surface area contributed by atoms with Crippen molar-refractivity contribution in [1.82, 2.24) is 15.4 Å². The molecule has 7 heteroatoms. The predicted octanol–water partition coefficient (Wildman–Crippen LogP) is 2.18. The molecule has 1 aromatic heterocycles. The van der Waals surface area contributed by atoms with Gasteiger partial charge in [0.2, 0.25) is 0 Å². The van der Waals surface area contributed by atoms with Gasteiger partial charge in [-0.05, 0) is 44.6 Å². The molecule has 0 bridgehead atoms. The molecule has 25 heavy (non-hydrogen) atoms. The lowest BCUT2D eigenvalue weighted by molar-refractivity contribution is 0.0934. The maximum Gasteiger partial charge on any atom is 0.273 e. The third kappa shape index (κ3) is 3.76. The van der Waals surface area contributed by atoms with Crippen LogP contribution in [0.1, 0.15) is 23.3 Å². The molecule has 2 aromatic rings. The minimum atomic E-state index is -0.239. The molecule has 2 heterocycles. The van der Waals surface area contributed by atoms with E-state index in [0.29, 0.717) is 35.4 Å². The van der Waals surface area contributed by atoms with Crippen LogP contribution in [0.5, 0.6) is 11.5 Å². The zero-order valence-corrected chi connectivity index (χ0v) is 14.7. The molecule has 1 aliphatic heterocycles. The lowest BCUT2D eigenvalue weighted by Crippen LogP contribution is -2.38. The van der Waals surface area contributed by atoms with Crippen LogP contribution in [-0.4, -0.2) is 56.4 Å². The molecule has 1 aromatic carbocycles. The van der Waals surface area contributed by atoms with E-state index >= 15 is 0 Å². The number of amides is 1. The molecular weight excluding hydrogens is 322 g/mol. The van der Waals surface area contributed by atoms with Gasteiger partial charge in [-0.3, -0.25) is 4.79 Å². The Balaban J connectivity index is 1.72. The second kappa shape index (κ2) is 7.57. The van der Waals surface area contributed by atoms with E-state index in [4.69, 9.17) is 14.0 Å². The number of likely N-dealkylation sites (tertiary alicyclic amines) is 1. The van der Waals surface area contributed by atoms with Gasteiger partial charge in [0.05, 0.1) is 19.8 Å². The minimum absolute atomic E-state index is 0.239. The van der Waals surface area contributed by atoms with Crippen molar-refractivity contribution in [2.45, 2.75) is 18.9 Å². The Labute approximate surface area is 146 Å². The van der Waals surface area contributed by atoms with E-state index in [9.17, 15) is 4.79 Å². The van der Waals surface area contributed by atoms with Gasteiger partial charge < -0.3 is 24.2 Å². The van der Waals surface area contributed by atoms with E-state index in [1.54, 1.807) is 38.5 Å². The third-order valence-electron chi connectivity index (χ3n) is 4.58. The molecule has 134 valence electrons. The van der Waals surface area contributed by atoms with Crippen molar-refractivity contribution in [1.29, 1.82) is 0 Å². The Hall–Kier alpha value is -2.54. The van der Waals surface area contributed by atoms with Crippen LogP contribution in [0, 0.1) is 0 Å². The molecule has 1 aliphatic rings. The van der Waals surface area contributed by atoms with E-state index in [0.717, 1.165) is 13.0 Å². The molecule has 1 fully saturated rings. The molecule has 0 aliphatic carbocycles. The first-order valence-corrected chi connectivity index (χ1v) is 8.30. The summed E-state index contributed by atoms with van der Waals surface area (Å²) in [5, 5.41) is 6.82. The number of ether oxygens (including phenoxy) is 2. The van der Waals surface area contributed by atoms with Gasteiger partial charge in [-0.1, -0.05) is 5.16 Å². The predicted molar refractivity (Wildman–Crippen MR) is 93.0 cm³/mol. The summed E-state index contributed by atoms with van der Waals surface area (Å²) in [5.41, 5.74) is 0.935. The Morgan fingerprint density at radius 2 is 2.20 bits per heavy atom. The number of likely N-dealkylation sites (N-methyl/N-ethyl adjacent to an activating group) is 1. The van der Waals surface area contributed by atoms with Crippen LogP contribution < -0.4 is 14.8 Å². The number of benzene rings is 1. The third-order valence-corrected chi connectivity index (χ3v) is 4.58. The lowest BCUT2D eigenvalue weighted by Gasteiger charge is -2.19. The second-order valence-corrected chi connectivity index (χ2v) is 6.13. The van der Waals surface area contributed by atoms with E-state index in [1.807, 2.05) is 0 Å². The fourth-order valence-corrected chi connectivity index (χ4v) is 3.05. The summed E-state index contributed by atoms with van der Waals surface area (Å²) >= 11 is 0. The standard InChI is InChI=1S/C18H23N3O4/c1-21-8-4-5-12(21)11-19-18(22)15-10-17(25-20-15)14-9-13(23-2)6-7-16(14)24-3/h6-7,9-10,12H,4-5,8,11H2,1-3H3,(H,19,22). The number of nitrogens with one attached hydrogen (secondary N) is 1. The summed E-state index contributed by atoms with van der Waals surface area (Å²) in [7, 11) is 5.24. The van der Waals surface area contributed by atoms with Gasteiger partial charge >= 0.3 is 0 Å². The van der Waals surface area contributed by atoms with E-state index < -0.39 is 0 Å². The molecule has 1 saturated heterocycles. The first-order chi connectivity index (χ1) is 12.1. The summed E-state index contributed by atoms with van der Waals surface area (Å²) in [6, 6.07) is 7.37. The van der Waals surface area contributed by atoms with Crippen LogP contribution in [0.2, 0.25) is 0 Å². The molecule has 1 unspecified atom stereocenters. The highest BCUT2D eigenvalue weighted by molar-refractivity contribution is 5.93. The van der Waals surface area contributed by atoms with Gasteiger partial charge in [0.15, 0.2) is 11.5 Å². The van der Waals surface area contributed by atoms with E-state index in [2.05, 4.69) is 22.4 Å². The highest BCUT2D eigenvalue weighted by atomic mass is 16.5. The number of carbonyl (C=O) groups is 1. The Kier molecular flexibility index (Phi) is 5.23. The van der Waals surface area contributed by atoms with Gasteiger partial charge in [-0.2, -0.15) is 0 Å².